The number of aromatic nitrogens is 2. The van der Waals surface area contributed by atoms with Gasteiger partial charge in [-0.15, -0.1) is 0 Å². The van der Waals surface area contributed by atoms with E-state index >= 15 is 0 Å². The maximum absolute atomic E-state index is 13.2. The SMILES string of the molecule is O=C(Nc1ccccc1Cl)c1cnc2n1CCN(C(=O)/C=C/CN1CC[C@H](F)C1)C2. The van der Waals surface area contributed by atoms with E-state index in [-0.39, 0.29) is 11.8 Å². The predicted molar refractivity (Wildman–Crippen MR) is 112 cm³/mol. The molecule has 158 valence electrons. The van der Waals surface area contributed by atoms with Crippen LogP contribution in [-0.4, -0.2) is 63.5 Å². The number of nitrogens with zero attached hydrogens (tertiary/aromatic N) is 4. The van der Waals surface area contributed by atoms with Gasteiger partial charge in [0.1, 0.15) is 17.7 Å². The molecular formula is C21H23ClFN5O2. The van der Waals surface area contributed by atoms with Crippen LogP contribution in [0.4, 0.5) is 10.1 Å². The van der Waals surface area contributed by atoms with Gasteiger partial charge in [0.15, 0.2) is 0 Å². The molecule has 0 aliphatic carbocycles. The van der Waals surface area contributed by atoms with Crippen molar-refractivity contribution in [1.29, 1.82) is 0 Å². The van der Waals surface area contributed by atoms with E-state index in [0.29, 0.717) is 61.4 Å². The Balaban J connectivity index is 1.36. The van der Waals surface area contributed by atoms with E-state index in [1.54, 1.807) is 35.2 Å². The van der Waals surface area contributed by atoms with Gasteiger partial charge in [0.05, 0.1) is 23.5 Å². The molecule has 7 nitrogen and oxygen atoms in total. The lowest BCUT2D eigenvalue weighted by atomic mass is 10.3. The number of carbonyl (C=O) groups excluding carboxylic acids is 2. The van der Waals surface area contributed by atoms with Crippen LogP contribution in [0.25, 0.3) is 0 Å². The number of alkyl halides is 1. The fraction of sp³-hybridized carbons (Fsp3) is 0.381. The highest BCUT2D eigenvalue weighted by molar-refractivity contribution is 6.33. The van der Waals surface area contributed by atoms with Crippen LogP contribution in [0.5, 0.6) is 0 Å². The molecular weight excluding hydrogens is 409 g/mol. The van der Waals surface area contributed by atoms with Gasteiger partial charge in [0.2, 0.25) is 5.91 Å². The molecule has 1 saturated heterocycles. The molecule has 0 saturated carbocycles. The lowest BCUT2D eigenvalue weighted by molar-refractivity contribution is -0.127. The Morgan fingerprint density at radius 1 is 1.27 bits per heavy atom. The summed E-state index contributed by atoms with van der Waals surface area (Å²) < 4.78 is 15.0. The van der Waals surface area contributed by atoms with Crippen molar-refractivity contribution < 1.29 is 14.0 Å². The Bertz CT molecular complexity index is 976. The Kier molecular flexibility index (Phi) is 6.15. The average Bonchev–Trinajstić information content (AvgIpc) is 3.35. The van der Waals surface area contributed by atoms with Crippen molar-refractivity contribution in [2.24, 2.45) is 0 Å². The van der Waals surface area contributed by atoms with Crippen molar-refractivity contribution in [3.8, 4) is 0 Å². The third-order valence-corrected chi connectivity index (χ3v) is 5.70. The van der Waals surface area contributed by atoms with Crippen molar-refractivity contribution in [1.82, 2.24) is 19.4 Å². The van der Waals surface area contributed by atoms with E-state index < -0.39 is 6.17 Å². The Morgan fingerprint density at radius 2 is 2.10 bits per heavy atom. The van der Waals surface area contributed by atoms with Crippen LogP contribution < -0.4 is 5.32 Å². The van der Waals surface area contributed by atoms with Crippen molar-refractivity contribution in [2.45, 2.75) is 25.7 Å². The summed E-state index contributed by atoms with van der Waals surface area (Å²) in [5.41, 5.74) is 0.969. The number of rotatable bonds is 5. The molecule has 4 rings (SSSR count). The van der Waals surface area contributed by atoms with Crippen LogP contribution in [0, 0.1) is 0 Å². The molecule has 1 atom stereocenters. The fourth-order valence-corrected chi connectivity index (χ4v) is 3.92. The Labute approximate surface area is 179 Å². The summed E-state index contributed by atoms with van der Waals surface area (Å²) in [5, 5.41) is 3.26. The number of anilines is 1. The van der Waals surface area contributed by atoms with Gasteiger partial charge in [-0.2, -0.15) is 0 Å². The maximum atomic E-state index is 13.2. The average molecular weight is 432 g/mol. The Hall–Kier alpha value is -2.71. The number of benzene rings is 1. The topological polar surface area (TPSA) is 70.5 Å². The number of hydrogen-bond acceptors (Lipinski definition) is 4. The van der Waals surface area contributed by atoms with Gasteiger partial charge in [0, 0.05) is 38.8 Å². The zero-order valence-corrected chi connectivity index (χ0v) is 17.2. The second-order valence-corrected chi connectivity index (χ2v) is 7.86. The van der Waals surface area contributed by atoms with Gasteiger partial charge < -0.3 is 14.8 Å². The van der Waals surface area contributed by atoms with Crippen LogP contribution >= 0.6 is 11.6 Å². The van der Waals surface area contributed by atoms with Gasteiger partial charge in [-0.05, 0) is 18.6 Å². The second kappa shape index (κ2) is 8.97. The quantitative estimate of drug-likeness (QED) is 0.739. The highest BCUT2D eigenvalue weighted by Crippen LogP contribution is 2.22. The third-order valence-electron chi connectivity index (χ3n) is 5.37. The summed E-state index contributed by atoms with van der Waals surface area (Å²) in [7, 11) is 0. The number of halogens is 2. The van der Waals surface area contributed by atoms with Gasteiger partial charge >= 0.3 is 0 Å². The standard InChI is InChI=1S/C21H23ClFN5O2/c22-16-4-1-2-5-17(16)25-21(30)18-12-24-19-14-27(10-11-28(18)19)20(29)6-3-8-26-9-7-15(23)13-26/h1-6,12,15H,7-11,13-14H2,(H,25,30)/b6-3+/t15-/m0/s1. The van der Waals surface area contributed by atoms with Crippen molar-refractivity contribution >= 4 is 29.1 Å². The molecule has 2 aromatic rings. The molecule has 1 N–H and O–H groups in total. The number of imidazole rings is 1. The molecule has 0 spiro atoms. The smallest absolute Gasteiger partial charge is 0.273 e. The van der Waals surface area contributed by atoms with Gasteiger partial charge in [0.25, 0.3) is 5.91 Å². The minimum absolute atomic E-state index is 0.109. The van der Waals surface area contributed by atoms with Gasteiger partial charge in [-0.3, -0.25) is 14.5 Å². The Morgan fingerprint density at radius 3 is 2.87 bits per heavy atom. The molecule has 30 heavy (non-hydrogen) atoms. The summed E-state index contributed by atoms with van der Waals surface area (Å²) in [6, 6.07) is 7.03. The monoisotopic (exact) mass is 431 g/mol. The van der Waals surface area contributed by atoms with Crippen LogP contribution in [0.2, 0.25) is 5.02 Å². The highest BCUT2D eigenvalue weighted by atomic mass is 35.5. The van der Waals surface area contributed by atoms with Crippen LogP contribution in [-0.2, 0) is 17.9 Å². The molecule has 0 radical (unpaired) electrons. The normalized spacial score (nSPS) is 19.3. The van der Waals surface area contributed by atoms with E-state index in [0.717, 1.165) is 6.54 Å². The largest absolute Gasteiger partial charge is 0.330 e. The van der Waals surface area contributed by atoms with Crippen molar-refractivity contribution in [2.75, 3.05) is 31.5 Å². The molecule has 0 unspecified atom stereocenters. The molecule has 2 amide bonds. The number of likely N-dealkylation sites (tertiary alicyclic amines) is 1. The van der Waals surface area contributed by atoms with Crippen molar-refractivity contribution in [3.05, 3.63) is 59.2 Å². The second-order valence-electron chi connectivity index (χ2n) is 7.45. The summed E-state index contributed by atoms with van der Waals surface area (Å²) >= 11 is 6.11. The first-order valence-electron chi connectivity index (χ1n) is 9.93. The first-order valence-corrected chi connectivity index (χ1v) is 10.3. The van der Waals surface area contributed by atoms with E-state index in [1.807, 2.05) is 9.47 Å². The molecule has 1 aromatic carbocycles. The highest BCUT2D eigenvalue weighted by Gasteiger charge is 2.25. The zero-order chi connectivity index (χ0) is 21.1. The van der Waals surface area contributed by atoms with Gasteiger partial charge in [-0.1, -0.05) is 29.8 Å². The van der Waals surface area contributed by atoms with Crippen LogP contribution in [0.3, 0.4) is 0 Å². The zero-order valence-electron chi connectivity index (χ0n) is 16.4. The van der Waals surface area contributed by atoms with Gasteiger partial charge in [-0.25, -0.2) is 9.37 Å². The molecule has 1 fully saturated rings. The number of carbonyl (C=O) groups is 2. The number of fused-ring (bicyclic) bond motifs is 1. The lowest BCUT2D eigenvalue weighted by Gasteiger charge is -2.27. The fourth-order valence-electron chi connectivity index (χ4n) is 3.74. The molecule has 2 aliphatic rings. The molecule has 2 aliphatic heterocycles. The number of hydrogen-bond donors (Lipinski definition) is 1. The molecule has 0 bridgehead atoms. The number of para-hydroxylation sites is 1. The first-order chi connectivity index (χ1) is 14.5. The lowest BCUT2D eigenvalue weighted by Crippen LogP contribution is -2.38. The number of nitrogens with one attached hydrogen (secondary N) is 1. The molecule has 9 heteroatoms. The predicted octanol–water partition coefficient (Wildman–Crippen LogP) is 2.73. The summed E-state index contributed by atoms with van der Waals surface area (Å²) in [5.74, 6) is 0.257. The van der Waals surface area contributed by atoms with E-state index in [4.69, 9.17) is 11.6 Å². The first kappa shape index (κ1) is 20.6. The van der Waals surface area contributed by atoms with Crippen LogP contribution in [0.15, 0.2) is 42.6 Å². The van der Waals surface area contributed by atoms with E-state index in [1.165, 1.54) is 12.3 Å². The minimum Gasteiger partial charge on any atom is -0.330 e. The maximum Gasteiger partial charge on any atom is 0.273 e. The van der Waals surface area contributed by atoms with E-state index in [9.17, 15) is 14.0 Å². The summed E-state index contributed by atoms with van der Waals surface area (Å²) in [6.45, 7) is 3.02. The van der Waals surface area contributed by atoms with E-state index in [2.05, 4.69) is 10.3 Å². The summed E-state index contributed by atoms with van der Waals surface area (Å²) in [6.07, 6.45) is 4.63. The summed E-state index contributed by atoms with van der Waals surface area (Å²) in [4.78, 5) is 33.1. The molecule has 3 heterocycles. The number of amides is 2. The van der Waals surface area contributed by atoms with Crippen LogP contribution in [0.1, 0.15) is 22.7 Å². The van der Waals surface area contributed by atoms with Crippen molar-refractivity contribution in [3.63, 3.8) is 0 Å². The third kappa shape index (κ3) is 4.55. The molecule has 1 aromatic heterocycles. The minimum atomic E-state index is -0.764.